The van der Waals surface area contributed by atoms with Gasteiger partial charge in [0.2, 0.25) is 0 Å². The van der Waals surface area contributed by atoms with Crippen LogP contribution in [0.2, 0.25) is 0 Å². The number of esters is 2. The largest absolute Gasteiger partial charge is 0.459 e. The number of carbonyl (C=O) groups is 2. The van der Waals surface area contributed by atoms with Crippen LogP contribution in [0.5, 0.6) is 0 Å². The summed E-state index contributed by atoms with van der Waals surface area (Å²) in [5, 5.41) is 11.3. The van der Waals surface area contributed by atoms with E-state index in [1.165, 1.54) is 0 Å². The number of aliphatic hydroxyl groups is 1. The summed E-state index contributed by atoms with van der Waals surface area (Å²) in [6.45, 7) is 3.79. The Hall–Kier alpha value is -4.01. The molecule has 1 fully saturated rings. The number of hydrogen-bond acceptors (Lipinski definition) is 7. The quantitative estimate of drug-likeness (QED) is 0.411. The normalized spacial score (nSPS) is 21.4. The summed E-state index contributed by atoms with van der Waals surface area (Å²) in [5.74, 6) is -1.14. The van der Waals surface area contributed by atoms with Crippen LogP contribution in [0.1, 0.15) is 38.1 Å². The summed E-state index contributed by atoms with van der Waals surface area (Å²) in [6.07, 6.45) is -2.50. The van der Waals surface area contributed by atoms with E-state index in [9.17, 15) is 14.7 Å². The molecule has 0 bridgehead atoms. The van der Waals surface area contributed by atoms with Crippen molar-refractivity contribution in [3.05, 3.63) is 101 Å². The lowest BCUT2D eigenvalue weighted by atomic mass is 10.1. The highest BCUT2D eigenvalue weighted by Gasteiger charge is 2.48. The van der Waals surface area contributed by atoms with Gasteiger partial charge in [-0.2, -0.15) is 0 Å². The van der Waals surface area contributed by atoms with Crippen LogP contribution in [0.3, 0.4) is 0 Å². The smallest absolute Gasteiger partial charge is 0.338 e. The fourth-order valence-electron chi connectivity index (χ4n) is 4.30. The molecule has 0 saturated carbocycles. The van der Waals surface area contributed by atoms with Crippen LogP contribution < -0.4 is 0 Å². The number of aryl methyl sites for hydroxylation is 2. The molecule has 0 aliphatic carbocycles. The summed E-state index contributed by atoms with van der Waals surface area (Å²) >= 11 is 0. The first kappa shape index (κ1) is 23.7. The van der Waals surface area contributed by atoms with Gasteiger partial charge in [0.1, 0.15) is 18.8 Å². The molecule has 0 radical (unpaired) electrons. The van der Waals surface area contributed by atoms with Gasteiger partial charge in [0.05, 0.1) is 28.5 Å². The predicted octanol–water partition coefficient (Wildman–Crippen LogP) is 3.99. The van der Waals surface area contributed by atoms with Crippen LogP contribution in [0, 0.1) is 13.8 Å². The van der Waals surface area contributed by atoms with Crippen LogP contribution in [0.25, 0.3) is 11.0 Å². The van der Waals surface area contributed by atoms with E-state index >= 15 is 0 Å². The highest BCUT2D eigenvalue weighted by Crippen LogP contribution is 2.35. The fraction of sp³-hybridized carbons (Fsp3) is 0.250. The van der Waals surface area contributed by atoms with E-state index in [0.717, 1.165) is 22.2 Å². The topological polar surface area (TPSA) is 99.9 Å². The SMILES string of the molecule is Cc1cc2ncn(C3OC(COC(=O)c4ccccc4)C(OC(=O)c4ccccc4)C3O)c2cc1C. The molecule has 184 valence electrons. The zero-order chi connectivity index (χ0) is 25.2. The zero-order valence-corrected chi connectivity index (χ0v) is 19.9. The van der Waals surface area contributed by atoms with Gasteiger partial charge in [-0.3, -0.25) is 0 Å². The minimum absolute atomic E-state index is 0.210. The van der Waals surface area contributed by atoms with Crippen LogP contribution in [0.15, 0.2) is 79.1 Å². The van der Waals surface area contributed by atoms with Gasteiger partial charge in [0.15, 0.2) is 12.3 Å². The summed E-state index contributed by atoms with van der Waals surface area (Å²) in [6, 6.07) is 21.0. The number of fused-ring (bicyclic) bond motifs is 1. The predicted molar refractivity (Wildman–Crippen MR) is 131 cm³/mol. The second-order valence-corrected chi connectivity index (χ2v) is 8.83. The first-order valence-electron chi connectivity index (χ1n) is 11.7. The molecular formula is C28H26N2O6. The number of ether oxygens (including phenoxy) is 3. The Kier molecular flexibility index (Phi) is 6.54. The van der Waals surface area contributed by atoms with Crippen molar-refractivity contribution in [3.8, 4) is 0 Å². The molecule has 4 aromatic rings. The van der Waals surface area contributed by atoms with E-state index in [1.807, 2.05) is 26.0 Å². The number of aromatic nitrogens is 2. The standard InChI is InChI=1S/C28H26N2O6/c1-17-13-21-22(14-18(17)2)30(16-29-21)26-24(31)25(36-28(33)20-11-7-4-8-12-20)23(35-26)15-34-27(32)19-9-5-3-6-10-19/h3-14,16,23-26,31H,15H2,1-2H3. The average Bonchev–Trinajstić information content (AvgIpc) is 3.43. The van der Waals surface area contributed by atoms with Crippen molar-refractivity contribution in [1.82, 2.24) is 9.55 Å². The van der Waals surface area contributed by atoms with Gasteiger partial charge in [-0.15, -0.1) is 0 Å². The van der Waals surface area contributed by atoms with E-state index < -0.39 is 36.5 Å². The van der Waals surface area contributed by atoms with E-state index in [-0.39, 0.29) is 6.61 Å². The van der Waals surface area contributed by atoms with Crippen LogP contribution >= 0.6 is 0 Å². The molecule has 1 aliphatic heterocycles. The van der Waals surface area contributed by atoms with E-state index in [0.29, 0.717) is 11.1 Å². The molecular weight excluding hydrogens is 460 g/mol. The van der Waals surface area contributed by atoms with E-state index in [4.69, 9.17) is 14.2 Å². The molecule has 0 spiro atoms. The first-order valence-corrected chi connectivity index (χ1v) is 11.7. The Morgan fingerprint density at radius 2 is 1.56 bits per heavy atom. The zero-order valence-electron chi connectivity index (χ0n) is 19.9. The van der Waals surface area contributed by atoms with Crippen LogP contribution in [0.4, 0.5) is 0 Å². The van der Waals surface area contributed by atoms with Gasteiger partial charge in [-0.1, -0.05) is 36.4 Å². The number of hydrogen-bond donors (Lipinski definition) is 1. The lowest BCUT2D eigenvalue weighted by molar-refractivity contribution is -0.0583. The molecule has 36 heavy (non-hydrogen) atoms. The Bertz CT molecular complexity index is 1390. The maximum atomic E-state index is 12.8. The fourth-order valence-corrected chi connectivity index (χ4v) is 4.30. The first-order chi connectivity index (χ1) is 17.4. The Balaban J connectivity index is 1.42. The third-order valence-corrected chi connectivity index (χ3v) is 6.41. The van der Waals surface area contributed by atoms with Crippen molar-refractivity contribution in [1.29, 1.82) is 0 Å². The number of carbonyl (C=O) groups excluding carboxylic acids is 2. The van der Waals surface area contributed by atoms with Crippen molar-refractivity contribution in [2.75, 3.05) is 6.61 Å². The molecule has 4 unspecified atom stereocenters. The monoisotopic (exact) mass is 486 g/mol. The average molecular weight is 487 g/mol. The van der Waals surface area contributed by atoms with Gasteiger partial charge in [0.25, 0.3) is 0 Å². The Labute approximate surface area is 208 Å². The summed E-state index contributed by atoms with van der Waals surface area (Å²) in [7, 11) is 0. The molecule has 4 atom stereocenters. The van der Waals surface area contributed by atoms with Gasteiger partial charge < -0.3 is 23.9 Å². The van der Waals surface area contributed by atoms with Crippen LogP contribution in [-0.2, 0) is 14.2 Å². The van der Waals surface area contributed by atoms with E-state index in [1.54, 1.807) is 71.6 Å². The number of benzene rings is 3. The van der Waals surface area contributed by atoms with Crippen molar-refractivity contribution < 1.29 is 28.9 Å². The second kappa shape index (κ2) is 9.93. The van der Waals surface area contributed by atoms with Crippen molar-refractivity contribution >= 4 is 23.0 Å². The van der Waals surface area contributed by atoms with Crippen molar-refractivity contribution in [2.45, 2.75) is 38.4 Å². The molecule has 3 aromatic carbocycles. The molecule has 1 aromatic heterocycles. The summed E-state index contributed by atoms with van der Waals surface area (Å²) < 4.78 is 19.0. The maximum Gasteiger partial charge on any atom is 0.338 e. The van der Waals surface area contributed by atoms with Gasteiger partial charge >= 0.3 is 11.9 Å². The maximum absolute atomic E-state index is 12.8. The number of aliphatic hydroxyl groups excluding tert-OH is 1. The number of nitrogens with zero attached hydrogens (tertiary/aromatic N) is 2. The highest BCUT2D eigenvalue weighted by molar-refractivity contribution is 5.90. The molecule has 8 heteroatoms. The third-order valence-electron chi connectivity index (χ3n) is 6.41. The minimum atomic E-state index is -1.22. The summed E-state index contributed by atoms with van der Waals surface area (Å²) in [5.41, 5.74) is 4.42. The number of imidazole rings is 1. The number of rotatable bonds is 6. The van der Waals surface area contributed by atoms with Crippen LogP contribution in [-0.4, -0.2) is 51.5 Å². The molecule has 1 N–H and O–H groups in total. The second-order valence-electron chi connectivity index (χ2n) is 8.83. The molecule has 8 nitrogen and oxygen atoms in total. The molecule has 1 saturated heterocycles. The third kappa shape index (κ3) is 4.60. The van der Waals surface area contributed by atoms with Gasteiger partial charge in [-0.05, 0) is 61.4 Å². The van der Waals surface area contributed by atoms with Gasteiger partial charge in [-0.25, -0.2) is 14.6 Å². The van der Waals surface area contributed by atoms with Gasteiger partial charge in [0, 0.05) is 0 Å². The molecule has 5 rings (SSSR count). The van der Waals surface area contributed by atoms with E-state index in [2.05, 4.69) is 4.98 Å². The molecule has 0 amide bonds. The summed E-state index contributed by atoms with van der Waals surface area (Å²) in [4.78, 5) is 29.8. The Morgan fingerprint density at radius 3 is 2.22 bits per heavy atom. The minimum Gasteiger partial charge on any atom is -0.459 e. The Morgan fingerprint density at radius 1 is 0.944 bits per heavy atom. The van der Waals surface area contributed by atoms with Crippen molar-refractivity contribution in [3.63, 3.8) is 0 Å². The molecule has 1 aliphatic rings. The lowest BCUT2D eigenvalue weighted by Crippen LogP contribution is -2.38. The van der Waals surface area contributed by atoms with Crippen molar-refractivity contribution in [2.24, 2.45) is 0 Å². The lowest BCUT2D eigenvalue weighted by Gasteiger charge is -2.21. The highest BCUT2D eigenvalue weighted by atomic mass is 16.6. The molecule has 2 heterocycles.